The van der Waals surface area contributed by atoms with Gasteiger partial charge in [-0.2, -0.15) is 4.39 Å². The van der Waals surface area contributed by atoms with Gasteiger partial charge >= 0.3 is 5.69 Å². The van der Waals surface area contributed by atoms with Crippen LogP contribution in [0.25, 0.3) is 0 Å². The molecule has 7 nitrogen and oxygen atoms in total. The Balaban J connectivity index is 2.26. The van der Waals surface area contributed by atoms with Crippen LogP contribution in [0.1, 0.15) is 12.6 Å². The normalized spacial score (nSPS) is 27.6. The number of hydrogen-bond acceptors (Lipinski definition) is 5. The van der Waals surface area contributed by atoms with E-state index in [4.69, 9.17) is 9.47 Å². The lowest BCUT2D eigenvalue weighted by molar-refractivity contribution is -0.0549. The third-order valence-electron chi connectivity index (χ3n) is 2.77. The smallest absolute Gasteiger partial charge is 0.330 e. The van der Waals surface area contributed by atoms with Gasteiger partial charge in [-0.05, 0) is 0 Å². The van der Waals surface area contributed by atoms with Crippen LogP contribution in [0.2, 0.25) is 0 Å². The van der Waals surface area contributed by atoms with E-state index < -0.39 is 35.5 Å². The molecule has 1 aliphatic rings. The molecule has 0 aliphatic carbocycles. The Morgan fingerprint density at radius 2 is 2.39 bits per heavy atom. The zero-order valence-corrected chi connectivity index (χ0v) is 9.63. The highest BCUT2D eigenvalue weighted by Gasteiger charge is 2.35. The molecule has 1 aromatic rings. The molecule has 0 amide bonds. The summed E-state index contributed by atoms with van der Waals surface area (Å²) in [5.74, 6) is -1.08. The summed E-state index contributed by atoms with van der Waals surface area (Å²) in [7, 11) is 1.45. The zero-order valence-electron chi connectivity index (χ0n) is 9.63. The van der Waals surface area contributed by atoms with Gasteiger partial charge in [0.05, 0.1) is 18.9 Å². The molecule has 0 saturated carbocycles. The molecule has 100 valence electrons. The largest absolute Gasteiger partial charge is 0.390 e. The van der Waals surface area contributed by atoms with Crippen LogP contribution in [0.3, 0.4) is 0 Å². The van der Waals surface area contributed by atoms with Gasteiger partial charge in [0.25, 0.3) is 5.56 Å². The fourth-order valence-corrected chi connectivity index (χ4v) is 1.87. The molecular weight excluding hydrogens is 247 g/mol. The molecule has 3 atom stereocenters. The first-order chi connectivity index (χ1) is 8.52. The molecule has 0 radical (unpaired) electrons. The van der Waals surface area contributed by atoms with Gasteiger partial charge in [-0.25, -0.2) is 4.79 Å². The van der Waals surface area contributed by atoms with Crippen LogP contribution < -0.4 is 11.2 Å². The first-order valence-corrected chi connectivity index (χ1v) is 5.36. The Labute approximate surface area is 101 Å². The maximum absolute atomic E-state index is 13.1. The number of aromatic nitrogens is 2. The Morgan fingerprint density at radius 3 is 3.06 bits per heavy atom. The zero-order chi connectivity index (χ0) is 13.3. The van der Waals surface area contributed by atoms with Crippen LogP contribution in [0.4, 0.5) is 4.39 Å². The first-order valence-electron chi connectivity index (χ1n) is 5.36. The van der Waals surface area contributed by atoms with E-state index in [-0.39, 0.29) is 13.0 Å². The lowest BCUT2D eigenvalue weighted by Crippen LogP contribution is -2.34. The standard InChI is InChI=1S/C10H13FN2O5/c1-17-4-7-6(14)2-8(18-7)13-3-5(11)9(15)12-10(13)16/h3,6-8,14H,2,4H2,1H3,(H,12,15,16)/t6?,7-,8-/m1/s1. The molecule has 18 heavy (non-hydrogen) atoms. The molecule has 1 unspecified atom stereocenters. The van der Waals surface area contributed by atoms with Crippen LogP contribution in [0, 0.1) is 5.82 Å². The van der Waals surface area contributed by atoms with E-state index >= 15 is 0 Å². The van der Waals surface area contributed by atoms with E-state index in [0.29, 0.717) is 0 Å². The second-order valence-corrected chi connectivity index (χ2v) is 4.03. The summed E-state index contributed by atoms with van der Waals surface area (Å²) in [4.78, 5) is 24.2. The summed E-state index contributed by atoms with van der Waals surface area (Å²) in [6.07, 6.45) is -1.31. The highest BCUT2D eigenvalue weighted by Crippen LogP contribution is 2.27. The van der Waals surface area contributed by atoms with Gasteiger partial charge < -0.3 is 14.6 Å². The van der Waals surface area contributed by atoms with Gasteiger partial charge in [0.15, 0.2) is 0 Å². The predicted octanol–water partition coefficient (Wildman–Crippen LogP) is -1.03. The van der Waals surface area contributed by atoms with Gasteiger partial charge in [0.2, 0.25) is 5.82 Å². The third-order valence-corrected chi connectivity index (χ3v) is 2.77. The van der Waals surface area contributed by atoms with E-state index in [1.54, 1.807) is 0 Å². The van der Waals surface area contributed by atoms with E-state index in [1.165, 1.54) is 7.11 Å². The SMILES string of the molecule is COC[C@H]1O[C@@H](n2cc(F)c(=O)[nH]c2=O)CC1O. The fourth-order valence-electron chi connectivity index (χ4n) is 1.87. The maximum atomic E-state index is 13.1. The van der Waals surface area contributed by atoms with Crippen molar-refractivity contribution in [3.05, 3.63) is 32.9 Å². The van der Waals surface area contributed by atoms with Crippen LogP contribution in [-0.2, 0) is 9.47 Å². The van der Waals surface area contributed by atoms with Crippen molar-refractivity contribution < 1.29 is 19.0 Å². The molecule has 2 rings (SSSR count). The molecule has 2 heterocycles. The minimum atomic E-state index is -1.08. The number of H-pyrrole nitrogens is 1. The van der Waals surface area contributed by atoms with Gasteiger partial charge in [-0.15, -0.1) is 0 Å². The number of halogens is 1. The topological polar surface area (TPSA) is 93.5 Å². The number of aliphatic hydroxyl groups is 1. The summed E-state index contributed by atoms with van der Waals surface area (Å²) >= 11 is 0. The van der Waals surface area contributed by atoms with Crippen molar-refractivity contribution in [2.45, 2.75) is 24.9 Å². The van der Waals surface area contributed by atoms with Crippen molar-refractivity contribution in [3.63, 3.8) is 0 Å². The molecular formula is C10H13FN2O5. The highest BCUT2D eigenvalue weighted by atomic mass is 19.1. The Bertz CT molecular complexity index is 540. The van der Waals surface area contributed by atoms with Crippen molar-refractivity contribution >= 4 is 0 Å². The van der Waals surface area contributed by atoms with Crippen LogP contribution in [0.15, 0.2) is 15.8 Å². The van der Waals surface area contributed by atoms with E-state index in [9.17, 15) is 19.1 Å². The molecule has 1 aliphatic heterocycles. The number of nitrogens with one attached hydrogen (secondary N) is 1. The van der Waals surface area contributed by atoms with Crippen LogP contribution in [-0.4, -0.2) is 40.6 Å². The quantitative estimate of drug-likeness (QED) is 0.725. The summed E-state index contributed by atoms with van der Waals surface area (Å²) < 4.78 is 24.2. The monoisotopic (exact) mass is 260 g/mol. The number of rotatable bonds is 3. The summed E-state index contributed by atoms with van der Waals surface area (Å²) in [6.45, 7) is 0.165. The average Bonchev–Trinajstić information content (AvgIpc) is 2.66. The van der Waals surface area contributed by atoms with Gasteiger partial charge in [0, 0.05) is 13.5 Å². The average molecular weight is 260 g/mol. The summed E-state index contributed by atoms with van der Waals surface area (Å²) in [5, 5.41) is 9.68. The summed E-state index contributed by atoms with van der Waals surface area (Å²) in [5.41, 5.74) is -1.86. The molecule has 1 saturated heterocycles. The Hall–Kier alpha value is -1.51. The fraction of sp³-hybridized carbons (Fsp3) is 0.600. The lowest BCUT2D eigenvalue weighted by Gasteiger charge is -2.15. The van der Waals surface area contributed by atoms with E-state index in [0.717, 1.165) is 10.8 Å². The third kappa shape index (κ3) is 2.35. The molecule has 2 N–H and O–H groups in total. The second kappa shape index (κ2) is 5.01. The number of aliphatic hydroxyl groups excluding tert-OH is 1. The number of ether oxygens (including phenoxy) is 2. The van der Waals surface area contributed by atoms with Gasteiger partial charge in [-0.3, -0.25) is 14.3 Å². The second-order valence-electron chi connectivity index (χ2n) is 4.03. The molecule has 0 aromatic carbocycles. The van der Waals surface area contributed by atoms with Crippen molar-refractivity contribution in [1.29, 1.82) is 0 Å². The molecule has 0 bridgehead atoms. The molecule has 1 fully saturated rings. The minimum Gasteiger partial charge on any atom is -0.390 e. The van der Waals surface area contributed by atoms with Crippen LogP contribution in [0.5, 0.6) is 0 Å². The van der Waals surface area contributed by atoms with Crippen molar-refractivity contribution in [2.24, 2.45) is 0 Å². The number of hydrogen-bond donors (Lipinski definition) is 2. The van der Waals surface area contributed by atoms with Crippen LogP contribution >= 0.6 is 0 Å². The predicted molar refractivity (Wildman–Crippen MR) is 57.7 cm³/mol. The molecule has 8 heteroatoms. The van der Waals surface area contributed by atoms with Crippen molar-refractivity contribution in [2.75, 3.05) is 13.7 Å². The van der Waals surface area contributed by atoms with E-state index in [2.05, 4.69) is 0 Å². The minimum absolute atomic E-state index is 0.124. The van der Waals surface area contributed by atoms with E-state index in [1.807, 2.05) is 4.98 Å². The molecule has 0 spiro atoms. The maximum Gasteiger partial charge on any atom is 0.330 e. The Morgan fingerprint density at radius 1 is 1.67 bits per heavy atom. The first kappa shape index (κ1) is 12.9. The number of aromatic amines is 1. The number of methoxy groups -OCH3 is 1. The number of nitrogens with zero attached hydrogens (tertiary/aromatic N) is 1. The lowest BCUT2D eigenvalue weighted by atomic mass is 10.2. The van der Waals surface area contributed by atoms with Gasteiger partial charge in [-0.1, -0.05) is 0 Å². The van der Waals surface area contributed by atoms with Gasteiger partial charge in [0.1, 0.15) is 12.3 Å². The van der Waals surface area contributed by atoms with Crippen molar-refractivity contribution in [1.82, 2.24) is 9.55 Å². The van der Waals surface area contributed by atoms with Crippen molar-refractivity contribution in [3.8, 4) is 0 Å². The summed E-state index contributed by atoms with van der Waals surface area (Å²) in [6, 6.07) is 0. The Kier molecular flexibility index (Phi) is 3.60. The highest BCUT2D eigenvalue weighted by molar-refractivity contribution is 4.91. The molecule has 1 aromatic heterocycles.